The molecule has 0 unspecified atom stereocenters. The number of nitrogens with zero attached hydrogens (tertiary/aromatic N) is 1. The number of rotatable bonds is 1. The van der Waals surface area contributed by atoms with Gasteiger partial charge < -0.3 is 0 Å². The number of hydrogen-bond donors (Lipinski definition) is 0. The highest BCUT2D eigenvalue weighted by Gasteiger charge is 2.45. The second-order valence-corrected chi connectivity index (χ2v) is 5.95. The van der Waals surface area contributed by atoms with Crippen molar-refractivity contribution in [2.45, 2.75) is 20.3 Å². The molecule has 0 spiro atoms. The molecule has 1 aromatic rings. The average molecular weight is 317 g/mol. The Morgan fingerprint density at radius 1 is 1.35 bits per heavy atom. The summed E-state index contributed by atoms with van der Waals surface area (Å²) in [6, 6.07) is 5.04. The van der Waals surface area contributed by atoms with E-state index in [1.165, 1.54) is 4.90 Å². The zero-order valence-electron chi connectivity index (χ0n) is 9.46. The molecule has 90 valence electrons. The summed E-state index contributed by atoms with van der Waals surface area (Å²) in [5.41, 5.74) is -0.102. The monoisotopic (exact) mass is 315 g/mol. The van der Waals surface area contributed by atoms with Gasteiger partial charge >= 0.3 is 0 Å². The number of benzene rings is 1. The zero-order valence-corrected chi connectivity index (χ0v) is 11.8. The van der Waals surface area contributed by atoms with Gasteiger partial charge in [0.2, 0.25) is 11.8 Å². The molecule has 1 saturated heterocycles. The molecule has 1 fully saturated rings. The van der Waals surface area contributed by atoms with E-state index >= 15 is 0 Å². The van der Waals surface area contributed by atoms with Gasteiger partial charge in [-0.15, -0.1) is 0 Å². The molecule has 0 N–H and O–H groups in total. The molecule has 1 aliphatic rings. The summed E-state index contributed by atoms with van der Waals surface area (Å²) in [5.74, 6) is -0.362. The van der Waals surface area contributed by atoms with Gasteiger partial charge in [-0.25, -0.2) is 0 Å². The maximum absolute atomic E-state index is 12.1. The van der Waals surface area contributed by atoms with Crippen molar-refractivity contribution in [1.82, 2.24) is 0 Å². The van der Waals surface area contributed by atoms with Crippen LogP contribution in [0.5, 0.6) is 0 Å². The molecule has 0 aromatic heterocycles. The molecule has 0 aliphatic carbocycles. The Balaban J connectivity index is 2.44. The van der Waals surface area contributed by atoms with E-state index in [9.17, 15) is 9.59 Å². The van der Waals surface area contributed by atoms with E-state index in [1.807, 2.05) is 0 Å². The molecule has 17 heavy (non-hydrogen) atoms. The van der Waals surface area contributed by atoms with Crippen LogP contribution < -0.4 is 4.90 Å². The van der Waals surface area contributed by atoms with Gasteiger partial charge in [0.1, 0.15) is 0 Å². The summed E-state index contributed by atoms with van der Waals surface area (Å²) in [6.45, 7) is 3.54. The van der Waals surface area contributed by atoms with Crippen LogP contribution in [0.3, 0.4) is 0 Å². The number of hydrogen-bond acceptors (Lipinski definition) is 2. The molecule has 0 bridgehead atoms. The van der Waals surface area contributed by atoms with E-state index in [2.05, 4.69) is 15.9 Å². The third-order valence-electron chi connectivity index (χ3n) is 2.79. The molecule has 0 saturated carbocycles. The van der Waals surface area contributed by atoms with Gasteiger partial charge in [0, 0.05) is 10.9 Å². The fourth-order valence-corrected chi connectivity index (χ4v) is 2.26. The first kappa shape index (κ1) is 12.6. The normalized spacial score (nSPS) is 18.9. The predicted molar refractivity (Wildman–Crippen MR) is 70.0 cm³/mol. The van der Waals surface area contributed by atoms with E-state index in [0.29, 0.717) is 10.7 Å². The Morgan fingerprint density at radius 3 is 2.47 bits per heavy atom. The molecule has 2 rings (SSSR count). The summed E-state index contributed by atoms with van der Waals surface area (Å²) in [7, 11) is 0. The topological polar surface area (TPSA) is 37.4 Å². The Morgan fingerprint density at radius 2 is 2.00 bits per heavy atom. The molecular weight excluding hydrogens is 305 g/mol. The lowest BCUT2D eigenvalue weighted by Gasteiger charge is -2.18. The number of carbonyl (C=O) groups is 2. The fraction of sp³-hybridized carbons (Fsp3) is 0.333. The van der Waals surface area contributed by atoms with Crippen molar-refractivity contribution in [3.05, 3.63) is 27.7 Å². The number of halogens is 2. The SMILES string of the molecule is CC1(C)CC(=O)N(c2ccc(Br)c(Cl)c2)C1=O. The Kier molecular flexibility index (Phi) is 3.04. The molecule has 1 aromatic carbocycles. The van der Waals surface area contributed by atoms with Gasteiger partial charge in [-0.3, -0.25) is 14.5 Å². The molecule has 1 aliphatic heterocycles. The van der Waals surface area contributed by atoms with Crippen LogP contribution in [0.25, 0.3) is 0 Å². The number of anilines is 1. The minimum atomic E-state index is -0.628. The highest BCUT2D eigenvalue weighted by molar-refractivity contribution is 9.10. The molecule has 3 nitrogen and oxygen atoms in total. The second-order valence-electron chi connectivity index (χ2n) is 4.69. The van der Waals surface area contributed by atoms with Crippen molar-refractivity contribution in [2.24, 2.45) is 5.41 Å². The summed E-state index contributed by atoms with van der Waals surface area (Å²) < 4.78 is 0.737. The third-order valence-corrected chi connectivity index (χ3v) is 4.02. The van der Waals surface area contributed by atoms with Crippen LogP contribution in [0.2, 0.25) is 5.02 Å². The minimum Gasteiger partial charge on any atom is -0.274 e. The number of amides is 2. The highest BCUT2D eigenvalue weighted by Crippen LogP contribution is 2.36. The van der Waals surface area contributed by atoms with Crippen LogP contribution in [0, 0.1) is 5.41 Å². The van der Waals surface area contributed by atoms with E-state index < -0.39 is 5.41 Å². The maximum Gasteiger partial charge on any atom is 0.239 e. The molecule has 2 amide bonds. The smallest absolute Gasteiger partial charge is 0.239 e. The van der Waals surface area contributed by atoms with Gasteiger partial charge in [-0.2, -0.15) is 0 Å². The van der Waals surface area contributed by atoms with Gasteiger partial charge in [0.15, 0.2) is 0 Å². The first-order valence-corrected chi connectivity index (χ1v) is 6.32. The lowest BCUT2D eigenvalue weighted by molar-refractivity contribution is -0.124. The largest absolute Gasteiger partial charge is 0.274 e. The minimum absolute atomic E-state index is 0.180. The van der Waals surface area contributed by atoms with Gasteiger partial charge in [-0.05, 0) is 34.1 Å². The van der Waals surface area contributed by atoms with Crippen molar-refractivity contribution >= 4 is 45.0 Å². The van der Waals surface area contributed by atoms with Crippen molar-refractivity contribution in [2.75, 3.05) is 4.90 Å². The zero-order chi connectivity index (χ0) is 12.8. The lowest BCUT2D eigenvalue weighted by atomic mass is 9.92. The highest BCUT2D eigenvalue weighted by atomic mass is 79.9. The van der Waals surface area contributed by atoms with Crippen molar-refractivity contribution in [3.63, 3.8) is 0 Å². The lowest BCUT2D eigenvalue weighted by Crippen LogP contribution is -2.32. The maximum atomic E-state index is 12.1. The molecular formula is C12H11BrClNO2. The third kappa shape index (κ3) is 2.11. The molecule has 0 radical (unpaired) electrons. The van der Waals surface area contributed by atoms with Crippen molar-refractivity contribution < 1.29 is 9.59 Å². The van der Waals surface area contributed by atoms with Crippen LogP contribution in [0.15, 0.2) is 22.7 Å². The van der Waals surface area contributed by atoms with Gasteiger partial charge in [0.25, 0.3) is 0 Å². The molecule has 5 heteroatoms. The first-order chi connectivity index (χ1) is 7.83. The van der Waals surface area contributed by atoms with Crippen molar-refractivity contribution in [1.29, 1.82) is 0 Å². The Hall–Kier alpha value is -0.870. The summed E-state index contributed by atoms with van der Waals surface area (Å²) in [4.78, 5) is 25.1. The second kappa shape index (κ2) is 4.10. The summed E-state index contributed by atoms with van der Waals surface area (Å²) in [5, 5.41) is 0.479. The molecule has 1 heterocycles. The van der Waals surface area contributed by atoms with Gasteiger partial charge in [-0.1, -0.05) is 25.4 Å². The van der Waals surface area contributed by atoms with E-state index in [1.54, 1.807) is 32.0 Å². The van der Waals surface area contributed by atoms with Crippen LogP contribution in [0.4, 0.5) is 5.69 Å². The van der Waals surface area contributed by atoms with Gasteiger partial charge in [0.05, 0.1) is 16.1 Å². The van der Waals surface area contributed by atoms with Crippen LogP contribution in [-0.4, -0.2) is 11.8 Å². The van der Waals surface area contributed by atoms with E-state index in [0.717, 1.165) is 4.47 Å². The fourth-order valence-electron chi connectivity index (χ4n) is 1.83. The van der Waals surface area contributed by atoms with Crippen LogP contribution in [-0.2, 0) is 9.59 Å². The standard InChI is InChI=1S/C12H11BrClNO2/c1-12(2)6-10(16)15(11(12)17)7-3-4-8(13)9(14)5-7/h3-5H,6H2,1-2H3. The van der Waals surface area contributed by atoms with Crippen LogP contribution in [0.1, 0.15) is 20.3 Å². The number of imide groups is 1. The predicted octanol–water partition coefficient (Wildman–Crippen LogP) is 3.39. The van der Waals surface area contributed by atoms with Crippen LogP contribution >= 0.6 is 27.5 Å². The number of carbonyl (C=O) groups excluding carboxylic acids is 2. The Labute approximate surface area is 113 Å². The van der Waals surface area contributed by atoms with E-state index in [-0.39, 0.29) is 18.2 Å². The quantitative estimate of drug-likeness (QED) is 0.745. The van der Waals surface area contributed by atoms with E-state index in [4.69, 9.17) is 11.6 Å². The Bertz CT molecular complexity index is 513. The van der Waals surface area contributed by atoms with Crippen molar-refractivity contribution in [3.8, 4) is 0 Å². The molecule has 0 atom stereocenters. The summed E-state index contributed by atoms with van der Waals surface area (Å²) >= 11 is 9.23. The average Bonchev–Trinajstić information content (AvgIpc) is 2.42. The first-order valence-electron chi connectivity index (χ1n) is 5.15. The summed E-state index contributed by atoms with van der Waals surface area (Å²) in [6.07, 6.45) is 0.236.